The van der Waals surface area contributed by atoms with Crippen LogP contribution >= 0.6 is 0 Å². The summed E-state index contributed by atoms with van der Waals surface area (Å²) >= 11 is 0. The molecule has 2 rings (SSSR count). The minimum atomic E-state index is 0.489. The van der Waals surface area contributed by atoms with Gasteiger partial charge >= 0.3 is 0 Å². The SMILES string of the molecule is [C-]#[N+]Cc1ccc(N2CCN(C)CC2)cc1. The van der Waals surface area contributed by atoms with Crippen LogP contribution in [-0.4, -0.2) is 38.1 Å². The molecule has 0 N–H and O–H groups in total. The fourth-order valence-electron chi connectivity index (χ4n) is 1.97. The third-order valence-corrected chi connectivity index (χ3v) is 3.07. The van der Waals surface area contributed by atoms with Crippen molar-refractivity contribution in [2.75, 3.05) is 38.1 Å². The number of likely N-dealkylation sites (N-methyl/N-ethyl adjacent to an activating group) is 1. The van der Waals surface area contributed by atoms with Gasteiger partial charge in [-0.2, -0.15) is 0 Å². The van der Waals surface area contributed by atoms with Crippen LogP contribution in [0.1, 0.15) is 5.56 Å². The van der Waals surface area contributed by atoms with Crippen LogP contribution in [0.4, 0.5) is 5.69 Å². The first kappa shape index (κ1) is 11.0. The molecule has 0 saturated carbocycles. The van der Waals surface area contributed by atoms with E-state index in [0.29, 0.717) is 6.54 Å². The average molecular weight is 215 g/mol. The molecule has 3 nitrogen and oxygen atoms in total. The molecule has 1 aromatic carbocycles. The summed E-state index contributed by atoms with van der Waals surface area (Å²) in [6.07, 6.45) is 0. The summed E-state index contributed by atoms with van der Waals surface area (Å²) in [6, 6.07) is 8.38. The molecule has 84 valence electrons. The van der Waals surface area contributed by atoms with E-state index in [1.54, 1.807) is 0 Å². The Bertz CT molecular complexity index is 369. The minimum Gasteiger partial charge on any atom is -0.369 e. The maximum Gasteiger partial charge on any atom is 0.239 e. The van der Waals surface area contributed by atoms with Crippen LogP contribution in [0.2, 0.25) is 0 Å². The monoisotopic (exact) mass is 215 g/mol. The van der Waals surface area contributed by atoms with Crippen LogP contribution in [0.5, 0.6) is 0 Å². The van der Waals surface area contributed by atoms with Crippen molar-refractivity contribution in [2.24, 2.45) is 0 Å². The van der Waals surface area contributed by atoms with Crippen LogP contribution in [0.25, 0.3) is 4.85 Å². The molecule has 0 atom stereocenters. The zero-order valence-electron chi connectivity index (χ0n) is 9.69. The number of piperazine rings is 1. The van der Waals surface area contributed by atoms with Gasteiger partial charge in [0.15, 0.2) is 0 Å². The molecule has 0 aliphatic carbocycles. The quantitative estimate of drug-likeness (QED) is 0.697. The molecular weight excluding hydrogens is 198 g/mol. The predicted octanol–water partition coefficient (Wildman–Crippen LogP) is 1.86. The summed E-state index contributed by atoms with van der Waals surface area (Å²) in [5.74, 6) is 0. The minimum absolute atomic E-state index is 0.489. The van der Waals surface area contributed by atoms with Crippen molar-refractivity contribution in [1.29, 1.82) is 0 Å². The number of hydrogen-bond acceptors (Lipinski definition) is 2. The molecule has 1 aromatic rings. The Balaban J connectivity index is 2.02. The van der Waals surface area contributed by atoms with Crippen LogP contribution in [0.15, 0.2) is 24.3 Å². The first-order chi connectivity index (χ1) is 7.79. The summed E-state index contributed by atoms with van der Waals surface area (Å²) in [5, 5.41) is 0. The molecule has 0 bridgehead atoms. The van der Waals surface area contributed by atoms with E-state index >= 15 is 0 Å². The smallest absolute Gasteiger partial charge is 0.239 e. The molecule has 3 heteroatoms. The van der Waals surface area contributed by atoms with Crippen molar-refractivity contribution in [3.8, 4) is 0 Å². The first-order valence-electron chi connectivity index (χ1n) is 5.65. The lowest BCUT2D eigenvalue weighted by molar-refractivity contribution is 0.313. The number of nitrogens with zero attached hydrogens (tertiary/aromatic N) is 3. The van der Waals surface area contributed by atoms with Gasteiger partial charge in [-0.25, -0.2) is 6.57 Å². The van der Waals surface area contributed by atoms with Crippen molar-refractivity contribution < 1.29 is 0 Å². The van der Waals surface area contributed by atoms with Gasteiger partial charge in [-0.05, 0) is 31.3 Å². The van der Waals surface area contributed by atoms with E-state index < -0.39 is 0 Å². The Hall–Kier alpha value is -1.53. The molecule has 1 fully saturated rings. The van der Waals surface area contributed by atoms with Crippen LogP contribution < -0.4 is 4.90 Å². The number of hydrogen-bond donors (Lipinski definition) is 0. The second kappa shape index (κ2) is 5.00. The first-order valence-corrected chi connectivity index (χ1v) is 5.65. The van der Waals surface area contributed by atoms with E-state index in [9.17, 15) is 0 Å². The lowest BCUT2D eigenvalue weighted by Crippen LogP contribution is -2.44. The second-order valence-electron chi connectivity index (χ2n) is 4.27. The van der Waals surface area contributed by atoms with Gasteiger partial charge in [0.05, 0.1) is 0 Å². The van der Waals surface area contributed by atoms with Gasteiger partial charge < -0.3 is 14.6 Å². The van der Waals surface area contributed by atoms with E-state index in [4.69, 9.17) is 6.57 Å². The van der Waals surface area contributed by atoms with Gasteiger partial charge in [-0.1, -0.05) is 0 Å². The summed E-state index contributed by atoms with van der Waals surface area (Å²) in [4.78, 5) is 8.14. The van der Waals surface area contributed by atoms with Crippen molar-refractivity contribution in [3.05, 3.63) is 41.2 Å². The summed E-state index contributed by atoms with van der Waals surface area (Å²) in [5.41, 5.74) is 2.38. The fraction of sp³-hybridized carbons (Fsp3) is 0.462. The van der Waals surface area contributed by atoms with Crippen LogP contribution in [-0.2, 0) is 6.54 Å². The Morgan fingerprint density at radius 2 is 1.75 bits per heavy atom. The molecule has 0 aromatic heterocycles. The Morgan fingerprint density at radius 1 is 1.12 bits per heavy atom. The average Bonchev–Trinajstić information content (AvgIpc) is 2.32. The highest BCUT2D eigenvalue weighted by atomic mass is 15.2. The molecule has 0 radical (unpaired) electrons. The molecule has 0 unspecified atom stereocenters. The van der Waals surface area contributed by atoms with Crippen molar-refractivity contribution >= 4 is 5.69 Å². The van der Waals surface area contributed by atoms with E-state index in [1.807, 2.05) is 0 Å². The standard InChI is InChI=1S/C13H17N3/c1-14-11-12-3-5-13(6-4-12)16-9-7-15(2)8-10-16/h3-6H,7-11H2,2H3. The lowest BCUT2D eigenvalue weighted by atomic mass is 10.2. The summed E-state index contributed by atoms with van der Waals surface area (Å²) in [7, 11) is 2.16. The molecule has 16 heavy (non-hydrogen) atoms. The molecule has 1 aliphatic rings. The zero-order valence-corrected chi connectivity index (χ0v) is 9.69. The number of rotatable bonds is 2. The maximum absolute atomic E-state index is 6.82. The highest BCUT2D eigenvalue weighted by Crippen LogP contribution is 2.17. The van der Waals surface area contributed by atoms with Gasteiger partial charge in [0.2, 0.25) is 6.54 Å². The van der Waals surface area contributed by atoms with Crippen molar-refractivity contribution in [1.82, 2.24) is 4.90 Å². The van der Waals surface area contributed by atoms with Gasteiger partial charge in [0.1, 0.15) is 0 Å². The second-order valence-corrected chi connectivity index (χ2v) is 4.27. The fourth-order valence-corrected chi connectivity index (χ4v) is 1.97. The molecule has 1 aliphatic heterocycles. The Labute approximate surface area is 97.1 Å². The number of anilines is 1. The van der Waals surface area contributed by atoms with Gasteiger partial charge in [0, 0.05) is 37.4 Å². The van der Waals surface area contributed by atoms with Crippen LogP contribution in [0.3, 0.4) is 0 Å². The van der Waals surface area contributed by atoms with Gasteiger partial charge in [-0.15, -0.1) is 0 Å². The van der Waals surface area contributed by atoms with Gasteiger partial charge in [0.25, 0.3) is 0 Å². The van der Waals surface area contributed by atoms with Crippen molar-refractivity contribution in [3.63, 3.8) is 0 Å². The summed E-state index contributed by atoms with van der Waals surface area (Å²) < 4.78 is 0. The molecule has 0 amide bonds. The Morgan fingerprint density at radius 3 is 2.31 bits per heavy atom. The van der Waals surface area contributed by atoms with E-state index in [0.717, 1.165) is 31.7 Å². The predicted molar refractivity (Wildman–Crippen MR) is 66.5 cm³/mol. The molecular formula is C13H17N3. The van der Waals surface area contributed by atoms with E-state index in [2.05, 4.69) is 46.0 Å². The highest BCUT2D eigenvalue weighted by molar-refractivity contribution is 5.48. The van der Waals surface area contributed by atoms with Crippen LogP contribution in [0, 0.1) is 6.57 Å². The topological polar surface area (TPSA) is 10.8 Å². The largest absolute Gasteiger partial charge is 0.369 e. The van der Waals surface area contributed by atoms with Gasteiger partial charge in [-0.3, -0.25) is 0 Å². The molecule has 1 heterocycles. The van der Waals surface area contributed by atoms with E-state index in [-0.39, 0.29) is 0 Å². The molecule has 1 saturated heterocycles. The lowest BCUT2D eigenvalue weighted by Gasteiger charge is -2.34. The van der Waals surface area contributed by atoms with E-state index in [1.165, 1.54) is 5.69 Å². The van der Waals surface area contributed by atoms with Crippen molar-refractivity contribution in [2.45, 2.75) is 6.54 Å². The zero-order chi connectivity index (χ0) is 11.4. The third-order valence-electron chi connectivity index (χ3n) is 3.07. The maximum atomic E-state index is 6.82. The number of benzene rings is 1. The Kier molecular flexibility index (Phi) is 3.43. The normalized spacial score (nSPS) is 17.1. The summed E-state index contributed by atoms with van der Waals surface area (Å²) in [6.45, 7) is 11.8. The highest BCUT2D eigenvalue weighted by Gasteiger charge is 2.13. The molecule has 0 spiro atoms. The third kappa shape index (κ3) is 2.53.